The Bertz CT molecular complexity index is 543. The quantitative estimate of drug-likeness (QED) is 0.826. The number of ether oxygens (including phenoxy) is 1. The fourth-order valence-electron chi connectivity index (χ4n) is 1.03. The average Bonchev–Trinajstić information content (AvgIpc) is 2.18. The van der Waals surface area contributed by atoms with Crippen LogP contribution in [0.4, 0.5) is 4.39 Å². The van der Waals surface area contributed by atoms with Gasteiger partial charge in [0.2, 0.25) is 10.0 Å². The van der Waals surface area contributed by atoms with Gasteiger partial charge >= 0.3 is 5.97 Å². The Labute approximate surface area is 99.6 Å². The van der Waals surface area contributed by atoms with Crippen LogP contribution in [0, 0.1) is 5.82 Å². The molecular weight excluding hydrogens is 305 g/mol. The fourth-order valence-corrected chi connectivity index (χ4v) is 2.29. The molecular formula is C8H7BrFNO4S. The Hall–Kier alpha value is -0.990. The van der Waals surface area contributed by atoms with Crippen LogP contribution in [0.25, 0.3) is 0 Å². The highest BCUT2D eigenvalue weighted by Crippen LogP contribution is 2.23. The second-order valence-electron chi connectivity index (χ2n) is 2.80. The summed E-state index contributed by atoms with van der Waals surface area (Å²) >= 11 is 2.94. The maximum Gasteiger partial charge on any atom is 0.340 e. The van der Waals surface area contributed by atoms with Crippen molar-refractivity contribution in [1.29, 1.82) is 0 Å². The Morgan fingerprint density at radius 2 is 2.06 bits per heavy atom. The summed E-state index contributed by atoms with van der Waals surface area (Å²) in [5.41, 5.74) is -0.499. The third-order valence-electron chi connectivity index (χ3n) is 1.72. The number of sulfonamides is 1. The van der Waals surface area contributed by atoms with Crippen molar-refractivity contribution in [2.45, 2.75) is 4.90 Å². The van der Waals surface area contributed by atoms with E-state index in [-0.39, 0.29) is 4.47 Å². The van der Waals surface area contributed by atoms with Crippen LogP contribution < -0.4 is 5.14 Å². The van der Waals surface area contributed by atoms with Gasteiger partial charge in [-0.2, -0.15) is 0 Å². The number of benzene rings is 1. The van der Waals surface area contributed by atoms with Crippen LogP contribution in [-0.2, 0) is 14.8 Å². The number of hydrogen-bond donors (Lipinski definition) is 1. The standard InChI is InChI=1S/C8H7BrFNO4S/c1-15-8(12)5-2-4(9)3-6(7(5)10)16(11,13)14/h2-3H,1H3,(H2,11,13,14). The van der Waals surface area contributed by atoms with Crippen LogP contribution in [-0.4, -0.2) is 21.5 Å². The van der Waals surface area contributed by atoms with Crippen LogP contribution in [0.3, 0.4) is 0 Å². The second-order valence-corrected chi connectivity index (χ2v) is 5.25. The molecule has 0 unspecified atom stereocenters. The predicted octanol–water partition coefficient (Wildman–Crippen LogP) is 1.02. The normalized spacial score (nSPS) is 11.2. The molecule has 0 radical (unpaired) electrons. The molecule has 0 aromatic heterocycles. The van der Waals surface area contributed by atoms with Gasteiger partial charge in [0.1, 0.15) is 4.90 Å². The fraction of sp³-hybridized carbons (Fsp3) is 0.125. The van der Waals surface area contributed by atoms with Crippen molar-refractivity contribution in [1.82, 2.24) is 0 Å². The van der Waals surface area contributed by atoms with E-state index in [2.05, 4.69) is 20.7 Å². The van der Waals surface area contributed by atoms with E-state index in [1.807, 2.05) is 0 Å². The van der Waals surface area contributed by atoms with E-state index in [1.54, 1.807) is 0 Å². The van der Waals surface area contributed by atoms with Gasteiger partial charge in [-0.3, -0.25) is 0 Å². The molecule has 5 nitrogen and oxygen atoms in total. The molecule has 2 N–H and O–H groups in total. The summed E-state index contributed by atoms with van der Waals surface area (Å²) in [4.78, 5) is 10.4. The van der Waals surface area contributed by atoms with Gasteiger partial charge in [-0.25, -0.2) is 22.7 Å². The van der Waals surface area contributed by atoms with Crippen LogP contribution in [0.5, 0.6) is 0 Å². The minimum atomic E-state index is -4.23. The van der Waals surface area contributed by atoms with Crippen molar-refractivity contribution < 1.29 is 22.3 Å². The molecule has 0 fully saturated rings. The number of carbonyl (C=O) groups excluding carboxylic acids is 1. The minimum absolute atomic E-state index is 0.207. The summed E-state index contributed by atoms with van der Waals surface area (Å²) < 4.78 is 40.2. The van der Waals surface area contributed by atoms with Gasteiger partial charge in [-0.05, 0) is 12.1 Å². The number of rotatable bonds is 2. The summed E-state index contributed by atoms with van der Waals surface area (Å²) in [6.45, 7) is 0. The Morgan fingerprint density at radius 3 is 2.50 bits per heavy atom. The molecule has 0 saturated heterocycles. The van der Waals surface area contributed by atoms with E-state index in [0.29, 0.717) is 0 Å². The zero-order chi connectivity index (χ0) is 12.5. The van der Waals surface area contributed by atoms with E-state index in [9.17, 15) is 17.6 Å². The summed E-state index contributed by atoms with van der Waals surface area (Å²) in [5, 5.41) is 4.80. The Balaban J connectivity index is 3.56. The van der Waals surface area contributed by atoms with Gasteiger partial charge in [0.05, 0.1) is 12.7 Å². The van der Waals surface area contributed by atoms with Gasteiger partial charge in [-0.15, -0.1) is 0 Å². The predicted molar refractivity (Wildman–Crippen MR) is 56.8 cm³/mol. The molecule has 0 bridgehead atoms. The van der Waals surface area contributed by atoms with Crippen molar-refractivity contribution in [3.63, 3.8) is 0 Å². The summed E-state index contributed by atoms with van der Waals surface area (Å²) in [6.07, 6.45) is 0. The number of halogens is 2. The van der Waals surface area contributed by atoms with Crippen molar-refractivity contribution in [3.05, 3.63) is 28.0 Å². The van der Waals surface area contributed by atoms with Crippen molar-refractivity contribution in [2.75, 3.05) is 7.11 Å². The molecule has 8 heteroatoms. The second kappa shape index (κ2) is 4.48. The molecule has 0 atom stereocenters. The first kappa shape index (κ1) is 13.1. The van der Waals surface area contributed by atoms with Crippen molar-refractivity contribution in [2.24, 2.45) is 5.14 Å². The van der Waals surface area contributed by atoms with Crippen LogP contribution in [0.1, 0.15) is 10.4 Å². The summed E-state index contributed by atoms with van der Waals surface area (Å²) in [7, 11) is -3.18. The number of primary sulfonamides is 1. The van der Waals surface area contributed by atoms with E-state index in [4.69, 9.17) is 5.14 Å². The third-order valence-corrected chi connectivity index (χ3v) is 3.08. The highest BCUT2D eigenvalue weighted by Gasteiger charge is 2.22. The summed E-state index contributed by atoms with van der Waals surface area (Å²) in [6, 6.07) is 2.08. The van der Waals surface area contributed by atoms with E-state index in [0.717, 1.165) is 19.2 Å². The zero-order valence-electron chi connectivity index (χ0n) is 8.03. The number of hydrogen-bond acceptors (Lipinski definition) is 4. The molecule has 0 amide bonds. The monoisotopic (exact) mass is 311 g/mol. The lowest BCUT2D eigenvalue weighted by molar-refractivity contribution is 0.0594. The number of esters is 1. The third kappa shape index (κ3) is 2.57. The van der Waals surface area contributed by atoms with Gasteiger partial charge in [0.25, 0.3) is 0 Å². The molecule has 1 aromatic carbocycles. The summed E-state index contributed by atoms with van der Waals surface area (Å²) in [5.74, 6) is -2.21. The lowest BCUT2D eigenvalue weighted by Crippen LogP contribution is -2.16. The van der Waals surface area contributed by atoms with E-state index < -0.39 is 32.3 Å². The first-order valence-corrected chi connectivity index (χ1v) is 6.21. The van der Waals surface area contributed by atoms with Crippen LogP contribution >= 0.6 is 15.9 Å². The van der Waals surface area contributed by atoms with Gasteiger partial charge < -0.3 is 4.74 Å². The minimum Gasteiger partial charge on any atom is -0.465 e. The molecule has 16 heavy (non-hydrogen) atoms. The Morgan fingerprint density at radius 1 is 1.50 bits per heavy atom. The highest BCUT2D eigenvalue weighted by atomic mass is 79.9. The number of methoxy groups -OCH3 is 1. The van der Waals surface area contributed by atoms with Gasteiger partial charge in [0.15, 0.2) is 5.82 Å². The molecule has 0 saturated carbocycles. The number of nitrogens with two attached hydrogens (primary N) is 1. The smallest absolute Gasteiger partial charge is 0.340 e. The number of carbonyl (C=O) groups is 1. The molecule has 0 aliphatic carbocycles. The first-order chi connectivity index (χ1) is 7.27. The maximum absolute atomic E-state index is 13.6. The van der Waals surface area contributed by atoms with Crippen molar-refractivity contribution in [3.8, 4) is 0 Å². The molecule has 0 aliphatic rings. The lowest BCUT2D eigenvalue weighted by atomic mass is 10.2. The largest absolute Gasteiger partial charge is 0.465 e. The maximum atomic E-state index is 13.6. The van der Waals surface area contributed by atoms with Crippen LogP contribution in [0.2, 0.25) is 0 Å². The topological polar surface area (TPSA) is 86.5 Å². The van der Waals surface area contributed by atoms with E-state index in [1.165, 1.54) is 0 Å². The first-order valence-electron chi connectivity index (χ1n) is 3.87. The molecule has 88 valence electrons. The molecule has 0 spiro atoms. The molecule has 1 rings (SSSR count). The van der Waals surface area contributed by atoms with Crippen LogP contribution in [0.15, 0.2) is 21.5 Å². The SMILES string of the molecule is COC(=O)c1cc(Br)cc(S(N)(=O)=O)c1F. The molecule has 0 heterocycles. The lowest BCUT2D eigenvalue weighted by Gasteiger charge is -2.06. The van der Waals surface area contributed by atoms with Crippen molar-refractivity contribution >= 4 is 31.9 Å². The average molecular weight is 312 g/mol. The zero-order valence-corrected chi connectivity index (χ0v) is 10.4. The van der Waals surface area contributed by atoms with E-state index >= 15 is 0 Å². The van der Waals surface area contributed by atoms with Gasteiger partial charge in [-0.1, -0.05) is 15.9 Å². The molecule has 0 aliphatic heterocycles. The molecule has 1 aromatic rings. The highest BCUT2D eigenvalue weighted by molar-refractivity contribution is 9.10. The van der Waals surface area contributed by atoms with Gasteiger partial charge in [0, 0.05) is 4.47 Å². The Kier molecular flexibility index (Phi) is 3.66.